The molecule has 0 saturated heterocycles. The zero-order chi connectivity index (χ0) is 32.6. The number of benzene rings is 2. The van der Waals surface area contributed by atoms with E-state index in [0.717, 1.165) is 5.56 Å². The Bertz CT molecular complexity index is 1670. The molecule has 3 aromatic rings. The molecule has 0 radical (unpaired) electrons. The van der Waals surface area contributed by atoms with Gasteiger partial charge >= 0.3 is 18.1 Å². The SMILES string of the molecule is CCOc1cc2c(cc1C(=O)NC)C(=N)N(CC(=O)c1cc(C(C)(C)C)c3oc(CCC(=O)OC(=O)C(F)(F)F)nc3c1)C2. The monoisotopic (exact) mass is 616 g/mol. The summed E-state index contributed by atoms with van der Waals surface area (Å²) in [7, 11) is 1.50. The summed E-state index contributed by atoms with van der Waals surface area (Å²) in [5, 5.41) is 11.3. The van der Waals surface area contributed by atoms with Crippen molar-refractivity contribution in [1.82, 2.24) is 15.2 Å². The molecule has 1 amide bonds. The molecule has 1 aliphatic rings. The maximum Gasteiger partial charge on any atom is 0.491 e. The first-order valence-electron chi connectivity index (χ1n) is 13.7. The van der Waals surface area contributed by atoms with Crippen molar-refractivity contribution in [1.29, 1.82) is 5.41 Å². The van der Waals surface area contributed by atoms with Crippen LogP contribution in [0.3, 0.4) is 0 Å². The highest BCUT2D eigenvalue weighted by atomic mass is 19.4. The van der Waals surface area contributed by atoms with E-state index in [1.54, 1.807) is 30.0 Å². The summed E-state index contributed by atoms with van der Waals surface area (Å²) in [4.78, 5) is 54.5. The lowest BCUT2D eigenvalue weighted by Gasteiger charge is -2.21. The molecule has 2 heterocycles. The molecule has 1 aromatic heterocycles. The minimum atomic E-state index is -5.30. The molecular formula is C30H31F3N4O7. The number of halogens is 3. The number of Topliss-reactive ketones (excluding diaryl/α,β-unsaturated/α-hetero) is 1. The van der Waals surface area contributed by atoms with Crippen LogP contribution in [0.5, 0.6) is 5.75 Å². The molecule has 0 atom stereocenters. The number of fused-ring (bicyclic) bond motifs is 2. The van der Waals surface area contributed by atoms with Gasteiger partial charge in [0, 0.05) is 36.7 Å². The van der Waals surface area contributed by atoms with Crippen molar-refractivity contribution in [3.8, 4) is 5.75 Å². The number of amidine groups is 1. The van der Waals surface area contributed by atoms with Crippen molar-refractivity contribution < 1.29 is 46.2 Å². The Labute approximate surface area is 250 Å². The summed E-state index contributed by atoms with van der Waals surface area (Å²) in [6, 6.07) is 6.47. The van der Waals surface area contributed by atoms with Gasteiger partial charge in [0.1, 0.15) is 17.1 Å². The number of carbonyl (C=O) groups is 4. The summed E-state index contributed by atoms with van der Waals surface area (Å²) in [5.41, 5.74) is 2.58. The van der Waals surface area contributed by atoms with E-state index < -0.39 is 30.0 Å². The number of alkyl halides is 3. The molecule has 0 unspecified atom stereocenters. The van der Waals surface area contributed by atoms with Crippen LogP contribution in [0.2, 0.25) is 0 Å². The van der Waals surface area contributed by atoms with Crippen LogP contribution in [-0.4, -0.2) is 65.7 Å². The highest BCUT2D eigenvalue weighted by Gasteiger charge is 2.42. The molecule has 2 N–H and O–H groups in total. The number of ether oxygens (including phenoxy) is 2. The molecule has 4 rings (SSSR count). The van der Waals surface area contributed by atoms with E-state index in [2.05, 4.69) is 15.0 Å². The number of hydrogen-bond donors (Lipinski definition) is 2. The van der Waals surface area contributed by atoms with Crippen LogP contribution >= 0.6 is 0 Å². The van der Waals surface area contributed by atoms with E-state index in [9.17, 15) is 32.3 Å². The molecule has 0 saturated carbocycles. The Balaban J connectivity index is 1.56. The molecular weight excluding hydrogens is 585 g/mol. The van der Waals surface area contributed by atoms with Crippen LogP contribution in [0.4, 0.5) is 13.2 Å². The Hall–Kier alpha value is -4.75. The second kappa shape index (κ2) is 12.1. The number of aryl methyl sites for hydroxylation is 1. The fourth-order valence-electron chi connectivity index (χ4n) is 4.74. The predicted molar refractivity (Wildman–Crippen MR) is 151 cm³/mol. The summed E-state index contributed by atoms with van der Waals surface area (Å²) in [6.45, 7) is 7.92. The van der Waals surface area contributed by atoms with E-state index in [0.29, 0.717) is 40.1 Å². The van der Waals surface area contributed by atoms with E-state index >= 15 is 0 Å². The highest BCUT2D eigenvalue weighted by molar-refractivity contribution is 6.08. The first-order valence-corrected chi connectivity index (χ1v) is 13.7. The predicted octanol–water partition coefficient (Wildman–Crippen LogP) is 4.47. The number of hydrogen-bond acceptors (Lipinski definition) is 9. The summed E-state index contributed by atoms with van der Waals surface area (Å²) in [5.74, 6) is -4.18. The molecule has 1 aliphatic heterocycles. The van der Waals surface area contributed by atoms with Crippen LogP contribution in [0.1, 0.15) is 77.4 Å². The van der Waals surface area contributed by atoms with Crippen molar-refractivity contribution in [3.63, 3.8) is 0 Å². The van der Waals surface area contributed by atoms with Gasteiger partial charge in [0.05, 0.1) is 25.1 Å². The second-order valence-electron chi connectivity index (χ2n) is 11.1. The molecule has 0 aliphatic carbocycles. The topological polar surface area (TPSA) is 152 Å². The van der Waals surface area contributed by atoms with Gasteiger partial charge in [0.2, 0.25) is 0 Å². The third-order valence-electron chi connectivity index (χ3n) is 6.89. The number of amides is 1. The van der Waals surface area contributed by atoms with Crippen molar-refractivity contribution in [2.24, 2.45) is 0 Å². The lowest BCUT2D eigenvalue weighted by molar-refractivity contribution is -0.201. The molecule has 11 nitrogen and oxygen atoms in total. The van der Waals surface area contributed by atoms with Crippen LogP contribution in [0.15, 0.2) is 28.7 Å². The first-order chi connectivity index (χ1) is 20.5. The quantitative estimate of drug-likeness (QED) is 0.202. The number of aromatic nitrogens is 1. The van der Waals surface area contributed by atoms with Crippen molar-refractivity contribution in [3.05, 3.63) is 58.0 Å². The number of nitrogens with zero attached hydrogens (tertiary/aromatic N) is 2. The molecule has 2 aromatic carbocycles. The van der Waals surface area contributed by atoms with Crippen LogP contribution in [0.25, 0.3) is 11.1 Å². The fourth-order valence-corrected chi connectivity index (χ4v) is 4.74. The third-order valence-corrected chi connectivity index (χ3v) is 6.89. The molecule has 0 fully saturated rings. The lowest BCUT2D eigenvalue weighted by atomic mass is 9.85. The third kappa shape index (κ3) is 6.74. The van der Waals surface area contributed by atoms with Gasteiger partial charge in [0.15, 0.2) is 17.3 Å². The highest BCUT2D eigenvalue weighted by Crippen LogP contribution is 2.34. The molecule has 234 valence electrons. The van der Waals surface area contributed by atoms with E-state index in [1.807, 2.05) is 20.8 Å². The number of rotatable bonds is 9. The number of carbonyl (C=O) groups excluding carboxylic acids is 4. The Morgan fingerprint density at radius 1 is 1.11 bits per heavy atom. The van der Waals surface area contributed by atoms with Gasteiger partial charge in [0.25, 0.3) is 5.91 Å². The minimum absolute atomic E-state index is 0.0142. The molecule has 14 heteroatoms. The summed E-state index contributed by atoms with van der Waals surface area (Å²) < 4.78 is 52.4. The number of oxazole rings is 1. The molecule has 0 bridgehead atoms. The van der Waals surface area contributed by atoms with Gasteiger partial charge in [-0.05, 0) is 42.2 Å². The van der Waals surface area contributed by atoms with Crippen molar-refractivity contribution in [2.75, 3.05) is 20.2 Å². The largest absolute Gasteiger partial charge is 0.493 e. The van der Waals surface area contributed by atoms with E-state index in [1.165, 1.54) is 13.1 Å². The Kier molecular flexibility index (Phi) is 8.84. The number of nitrogens with one attached hydrogen (secondary N) is 2. The van der Waals surface area contributed by atoms with Gasteiger partial charge in [-0.25, -0.2) is 9.78 Å². The summed E-state index contributed by atoms with van der Waals surface area (Å²) in [6.07, 6.45) is -6.12. The zero-order valence-corrected chi connectivity index (χ0v) is 24.7. The standard InChI is InChI=1S/C30H31F3N4O7/c1-6-42-22-11-16-13-37(26(34)17(16)12-18(22)27(40)35-5)14-21(38)15-9-19(29(2,3)4)25-20(10-15)36-23(43-25)7-8-24(39)44-28(41)30(31,32)33/h9-12,34H,6-8,13-14H2,1-5H3,(H,35,40). The van der Waals surface area contributed by atoms with E-state index in [4.69, 9.17) is 14.6 Å². The smallest absolute Gasteiger partial charge is 0.491 e. The average molecular weight is 617 g/mol. The Morgan fingerprint density at radius 3 is 2.43 bits per heavy atom. The maximum atomic E-state index is 13.5. The maximum absolute atomic E-state index is 13.5. The first kappa shape index (κ1) is 32.2. The van der Waals surface area contributed by atoms with Crippen LogP contribution in [-0.2, 0) is 32.7 Å². The normalized spacial score (nSPS) is 13.2. The minimum Gasteiger partial charge on any atom is -0.493 e. The molecule has 44 heavy (non-hydrogen) atoms. The van der Waals surface area contributed by atoms with Gasteiger partial charge in [-0.2, -0.15) is 13.2 Å². The van der Waals surface area contributed by atoms with Crippen molar-refractivity contribution in [2.45, 2.75) is 58.7 Å². The average Bonchev–Trinajstić information content (AvgIpc) is 3.49. The Morgan fingerprint density at radius 2 is 1.82 bits per heavy atom. The summed E-state index contributed by atoms with van der Waals surface area (Å²) >= 11 is 0. The lowest BCUT2D eigenvalue weighted by Crippen LogP contribution is -2.30. The van der Waals surface area contributed by atoms with E-state index in [-0.39, 0.29) is 48.5 Å². The second-order valence-corrected chi connectivity index (χ2v) is 11.1. The van der Waals surface area contributed by atoms with Gasteiger partial charge in [-0.3, -0.25) is 19.8 Å². The fraction of sp³-hybridized carbons (Fsp3) is 0.400. The number of ketones is 1. The van der Waals surface area contributed by atoms with Crippen LogP contribution in [0, 0.1) is 5.41 Å². The van der Waals surface area contributed by atoms with Gasteiger partial charge < -0.3 is 24.1 Å². The van der Waals surface area contributed by atoms with Crippen LogP contribution < -0.4 is 10.1 Å². The van der Waals surface area contributed by atoms with Gasteiger partial charge in [-0.15, -0.1) is 0 Å². The zero-order valence-electron chi connectivity index (χ0n) is 24.7. The number of esters is 2. The van der Waals surface area contributed by atoms with Crippen molar-refractivity contribution >= 4 is 40.6 Å². The molecule has 0 spiro atoms. The van der Waals surface area contributed by atoms with Gasteiger partial charge in [-0.1, -0.05) is 20.8 Å².